The predicted molar refractivity (Wildman–Crippen MR) is 88.5 cm³/mol. The Balaban J connectivity index is 2.05. The van der Waals surface area contributed by atoms with E-state index in [1.165, 1.54) is 0 Å². The average Bonchev–Trinajstić information content (AvgIpc) is 2.82. The second-order valence-electron chi connectivity index (χ2n) is 6.59. The summed E-state index contributed by atoms with van der Waals surface area (Å²) in [5.41, 5.74) is 3.15. The molecule has 1 atom stereocenters. The number of fused-ring (bicyclic) bond motifs is 3. The van der Waals surface area contributed by atoms with Gasteiger partial charge in [0.05, 0.1) is 6.10 Å². The molecule has 0 unspecified atom stereocenters. The molecule has 0 fully saturated rings. The van der Waals surface area contributed by atoms with Crippen molar-refractivity contribution in [2.45, 2.75) is 32.4 Å². The zero-order valence-electron chi connectivity index (χ0n) is 12.8. The maximum atomic E-state index is 10.6. The summed E-state index contributed by atoms with van der Waals surface area (Å²) in [6.07, 6.45) is -0.521. The van der Waals surface area contributed by atoms with Crippen LogP contribution in [0.25, 0.3) is 21.8 Å². The number of β-amino-alcohol motifs (C(OH)–C–C–N with tert-alkyl or cyclic N) is 1. The summed E-state index contributed by atoms with van der Waals surface area (Å²) in [6.45, 7) is 6.85. The maximum absolute atomic E-state index is 10.6. The number of aromatic amines is 1. The Bertz CT molecular complexity index is 768. The van der Waals surface area contributed by atoms with E-state index in [1.807, 2.05) is 24.3 Å². The quantitative estimate of drug-likeness (QED) is 0.685. The first-order valence-electron chi connectivity index (χ1n) is 7.38. The molecule has 3 aromatic rings. The third-order valence-corrected chi connectivity index (χ3v) is 3.75. The molecule has 0 aliphatic heterocycles. The molecular formula is C18H22N2O. The molecule has 1 aromatic heterocycles. The molecule has 1 heterocycles. The first-order chi connectivity index (χ1) is 9.96. The van der Waals surface area contributed by atoms with Gasteiger partial charge in [-0.15, -0.1) is 0 Å². The van der Waals surface area contributed by atoms with E-state index < -0.39 is 6.10 Å². The first kappa shape index (κ1) is 14.1. The topological polar surface area (TPSA) is 48.0 Å². The third kappa shape index (κ3) is 2.80. The van der Waals surface area contributed by atoms with E-state index in [0.717, 1.165) is 27.4 Å². The molecule has 3 heteroatoms. The lowest BCUT2D eigenvalue weighted by atomic mass is 10.0. The van der Waals surface area contributed by atoms with Gasteiger partial charge < -0.3 is 15.4 Å². The lowest BCUT2D eigenvalue weighted by Crippen LogP contribution is -2.38. The van der Waals surface area contributed by atoms with Gasteiger partial charge in [-0.05, 0) is 38.5 Å². The number of nitrogens with one attached hydrogen (secondary N) is 2. The van der Waals surface area contributed by atoms with Crippen molar-refractivity contribution >= 4 is 21.8 Å². The highest BCUT2D eigenvalue weighted by molar-refractivity contribution is 6.09. The highest BCUT2D eigenvalue weighted by Gasteiger charge is 2.17. The van der Waals surface area contributed by atoms with Crippen LogP contribution in [0, 0.1) is 0 Å². The highest BCUT2D eigenvalue weighted by atomic mass is 16.3. The number of H-pyrrole nitrogens is 1. The molecule has 2 aromatic carbocycles. The average molecular weight is 282 g/mol. The van der Waals surface area contributed by atoms with Crippen LogP contribution >= 0.6 is 0 Å². The molecule has 0 aliphatic carbocycles. The van der Waals surface area contributed by atoms with Crippen LogP contribution < -0.4 is 5.32 Å². The van der Waals surface area contributed by atoms with Gasteiger partial charge in [-0.25, -0.2) is 0 Å². The van der Waals surface area contributed by atoms with Gasteiger partial charge in [0.2, 0.25) is 0 Å². The van der Waals surface area contributed by atoms with E-state index in [4.69, 9.17) is 0 Å². The van der Waals surface area contributed by atoms with Crippen LogP contribution in [-0.4, -0.2) is 22.2 Å². The van der Waals surface area contributed by atoms with Crippen molar-refractivity contribution < 1.29 is 5.11 Å². The SMILES string of the molecule is CC(C)(C)NC[C@H](O)c1cccc2[nH]c3ccccc3c12. The normalized spacial score (nSPS) is 13.9. The Morgan fingerprint density at radius 1 is 1.05 bits per heavy atom. The van der Waals surface area contributed by atoms with Crippen molar-refractivity contribution in [1.29, 1.82) is 0 Å². The van der Waals surface area contributed by atoms with Gasteiger partial charge in [-0.2, -0.15) is 0 Å². The number of aromatic nitrogens is 1. The minimum absolute atomic E-state index is 0.00487. The molecule has 0 radical (unpaired) electrons. The summed E-state index contributed by atoms with van der Waals surface area (Å²) in [5.74, 6) is 0. The summed E-state index contributed by atoms with van der Waals surface area (Å²) < 4.78 is 0. The van der Waals surface area contributed by atoms with Crippen molar-refractivity contribution in [3.8, 4) is 0 Å². The van der Waals surface area contributed by atoms with E-state index in [2.05, 4.69) is 49.3 Å². The molecule has 3 nitrogen and oxygen atoms in total. The van der Waals surface area contributed by atoms with E-state index in [0.29, 0.717) is 6.54 Å². The number of aliphatic hydroxyl groups excluding tert-OH is 1. The molecular weight excluding hydrogens is 260 g/mol. The van der Waals surface area contributed by atoms with Crippen LogP contribution in [0.4, 0.5) is 0 Å². The molecule has 0 saturated heterocycles. The number of para-hydroxylation sites is 1. The van der Waals surface area contributed by atoms with E-state index in [1.54, 1.807) is 0 Å². The van der Waals surface area contributed by atoms with E-state index in [-0.39, 0.29) is 5.54 Å². The fourth-order valence-electron chi connectivity index (χ4n) is 2.72. The zero-order valence-corrected chi connectivity index (χ0v) is 12.8. The van der Waals surface area contributed by atoms with Crippen molar-refractivity contribution in [2.24, 2.45) is 0 Å². The molecule has 0 saturated carbocycles. The summed E-state index contributed by atoms with van der Waals surface area (Å²) in [5, 5.41) is 16.2. The predicted octanol–water partition coefficient (Wildman–Crippen LogP) is 3.74. The minimum atomic E-state index is -0.521. The van der Waals surface area contributed by atoms with Crippen LogP contribution in [0.15, 0.2) is 42.5 Å². The summed E-state index contributed by atoms with van der Waals surface area (Å²) in [6, 6.07) is 14.3. The number of hydrogen-bond donors (Lipinski definition) is 3. The Kier molecular flexibility index (Phi) is 3.47. The van der Waals surface area contributed by atoms with E-state index in [9.17, 15) is 5.11 Å². The van der Waals surface area contributed by atoms with Crippen LogP contribution in [0.5, 0.6) is 0 Å². The smallest absolute Gasteiger partial charge is 0.0921 e. The van der Waals surface area contributed by atoms with Gasteiger partial charge >= 0.3 is 0 Å². The number of rotatable bonds is 3. The first-order valence-corrected chi connectivity index (χ1v) is 7.38. The fraction of sp³-hybridized carbons (Fsp3) is 0.333. The fourth-order valence-corrected chi connectivity index (χ4v) is 2.72. The standard InChI is InChI=1S/C18H22N2O/c1-18(2,3)19-11-16(21)13-8-6-10-15-17(13)12-7-4-5-9-14(12)20-15/h4-10,16,19-21H,11H2,1-3H3/t16-/m0/s1. The minimum Gasteiger partial charge on any atom is -0.387 e. The molecule has 110 valence electrons. The summed E-state index contributed by atoms with van der Waals surface area (Å²) in [7, 11) is 0. The Labute approximate surface area is 125 Å². The summed E-state index contributed by atoms with van der Waals surface area (Å²) in [4.78, 5) is 3.41. The number of aliphatic hydroxyl groups is 1. The van der Waals surface area contributed by atoms with Gasteiger partial charge in [0.25, 0.3) is 0 Å². The Hall–Kier alpha value is -1.84. The van der Waals surface area contributed by atoms with Crippen LogP contribution in [-0.2, 0) is 0 Å². The second-order valence-corrected chi connectivity index (χ2v) is 6.59. The van der Waals surface area contributed by atoms with Gasteiger partial charge in [-0.1, -0.05) is 30.3 Å². The van der Waals surface area contributed by atoms with Gasteiger partial charge in [-0.3, -0.25) is 0 Å². The molecule has 21 heavy (non-hydrogen) atoms. The lowest BCUT2D eigenvalue weighted by molar-refractivity contribution is 0.165. The summed E-state index contributed by atoms with van der Waals surface area (Å²) >= 11 is 0. The molecule has 3 rings (SSSR count). The van der Waals surface area contributed by atoms with E-state index >= 15 is 0 Å². The highest BCUT2D eigenvalue weighted by Crippen LogP contribution is 2.31. The molecule has 0 spiro atoms. The van der Waals surface area contributed by atoms with Gasteiger partial charge in [0.15, 0.2) is 0 Å². The monoisotopic (exact) mass is 282 g/mol. The maximum Gasteiger partial charge on any atom is 0.0921 e. The molecule has 0 amide bonds. The van der Waals surface area contributed by atoms with Crippen molar-refractivity contribution in [1.82, 2.24) is 10.3 Å². The van der Waals surface area contributed by atoms with Crippen molar-refractivity contribution in [3.05, 3.63) is 48.0 Å². The zero-order chi connectivity index (χ0) is 15.0. The lowest BCUT2D eigenvalue weighted by Gasteiger charge is -2.23. The molecule has 3 N–H and O–H groups in total. The Morgan fingerprint density at radius 2 is 1.76 bits per heavy atom. The van der Waals surface area contributed by atoms with Crippen LogP contribution in [0.1, 0.15) is 32.4 Å². The van der Waals surface area contributed by atoms with Crippen molar-refractivity contribution in [2.75, 3.05) is 6.54 Å². The third-order valence-electron chi connectivity index (χ3n) is 3.75. The Morgan fingerprint density at radius 3 is 2.52 bits per heavy atom. The molecule has 0 aliphatic rings. The van der Waals surface area contributed by atoms with Crippen molar-refractivity contribution in [3.63, 3.8) is 0 Å². The molecule has 0 bridgehead atoms. The number of hydrogen-bond acceptors (Lipinski definition) is 2. The number of benzene rings is 2. The van der Waals surface area contributed by atoms with Crippen LogP contribution in [0.3, 0.4) is 0 Å². The second kappa shape index (κ2) is 5.17. The van der Waals surface area contributed by atoms with Gasteiger partial charge in [0.1, 0.15) is 0 Å². The van der Waals surface area contributed by atoms with Crippen LogP contribution in [0.2, 0.25) is 0 Å². The van der Waals surface area contributed by atoms with Gasteiger partial charge in [0, 0.05) is 33.9 Å². The largest absolute Gasteiger partial charge is 0.387 e.